The molecule has 0 aliphatic rings. The van der Waals surface area contributed by atoms with Crippen molar-refractivity contribution in [2.24, 2.45) is 4.99 Å². The summed E-state index contributed by atoms with van der Waals surface area (Å²) >= 11 is 0. The molecule has 0 saturated heterocycles. The Kier molecular flexibility index (Phi) is 5.56. The van der Waals surface area contributed by atoms with E-state index < -0.39 is 5.56 Å². The van der Waals surface area contributed by atoms with Crippen molar-refractivity contribution in [3.8, 4) is 17.7 Å². The predicted molar refractivity (Wildman–Crippen MR) is 108 cm³/mol. The van der Waals surface area contributed by atoms with Crippen LogP contribution >= 0.6 is 0 Å². The van der Waals surface area contributed by atoms with Gasteiger partial charge in [0.1, 0.15) is 17.4 Å². The lowest BCUT2D eigenvalue weighted by Crippen LogP contribution is -2.25. The topological polar surface area (TPSA) is 87.6 Å². The zero-order chi connectivity index (χ0) is 20.1. The van der Waals surface area contributed by atoms with E-state index >= 15 is 0 Å². The van der Waals surface area contributed by atoms with E-state index in [1.807, 2.05) is 36.4 Å². The summed E-state index contributed by atoms with van der Waals surface area (Å²) in [7, 11) is 1.57. The van der Waals surface area contributed by atoms with Gasteiger partial charge in [0.05, 0.1) is 24.9 Å². The minimum absolute atomic E-state index is 0.0131. The van der Waals surface area contributed by atoms with Crippen molar-refractivity contribution in [1.29, 1.82) is 5.26 Å². The second kappa shape index (κ2) is 8.23. The highest BCUT2D eigenvalue weighted by Gasteiger charge is 2.18. The molecule has 6 nitrogen and oxygen atoms in total. The van der Waals surface area contributed by atoms with Crippen LogP contribution in [0.25, 0.3) is 0 Å². The summed E-state index contributed by atoms with van der Waals surface area (Å²) in [5.74, 6) is 0.430. The summed E-state index contributed by atoms with van der Waals surface area (Å²) in [4.78, 5) is 17.0. The van der Waals surface area contributed by atoms with Crippen molar-refractivity contribution in [3.63, 3.8) is 0 Å². The number of aliphatic imine (C=N–C) groups is 1. The Hall–Kier alpha value is -3.85. The number of rotatable bonds is 5. The molecule has 0 aliphatic carbocycles. The zero-order valence-corrected chi connectivity index (χ0v) is 15.6. The molecule has 0 atom stereocenters. The van der Waals surface area contributed by atoms with Gasteiger partial charge in [0.15, 0.2) is 0 Å². The van der Waals surface area contributed by atoms with E-state index in [2.05, 4.69) is 4.99 Å². The lowest BCUT2D eigenvalue weighted by molar-refractivity contribution is 0.413. The van der Waals surface area contributed by atoms with Gasteiger partial charge in [-0.05, 0) is 30.2 Å². The smallest absolute Gasteiger partial charge is 0.271 e. The van der Waals surface area contributed by atoms with Gasteiger partial charge in [0.2, 0.25) is 5.88 Å². The molecule has 28 heavy (non-hydrogen) atoms. The highest BCUT2D eigenvalue weighted by molar-refractivity contribution is 5.87. The van der Waals surface area contributed by atoms with E-state index in [4.69, 9.17) is 4.74 Å². The number of ether oxygens (including phenoxy) is 1. The van der Waals surface area contributed by atoms with E-state index in [-0.39, 0.29) is 18.0 Å². The molecule has 1 heterocycles. The third-order valence-electron chi connectivity index (χ3n) is 4.43. The molecule has 0 saturated carbocycles. The lowest BCUT2D eigenvalue weighted by atomic mass is 10.1. The molecule has 2 aromatic carbocycles. The van der Waals surface area contributed by atoms with Gasteiger partial charge >= 0.3 is 0 Å². The predicted octanol–water partition coefficient (Wildman–Crippen LogP) is 3.54. The lowest BCUT2D eigenvalue weighted by Gasteiger charge is -2.14. The first-order chi connectivity index (χ1) is 13.5. The summed E-state index contributed by atoms with van der Waals surface area (Å²) in [5.41, 5.74) is 1.64. The molecule has 0 amide bonds. The van der Waals surface area contributed by atoms with Crippen molar-refractivity contribution in [3.05, 3.63) is 87.2 Å². The Morgan fingerprint density at radius 3 is 2.64 bits per heavy atom. The van der Waals surface area contributed by atoms with Gasteiger partial charge in [0, 0.05) is 12.3 Å². The van der Waals surface area contributed by atoms with Crippen LogP contribution < -0.4 is 10.3 Å². The minimum atomic E-state index is -0.528. The number of aromatic hydroxyl groups is 1. The second-order valence-corrected chi connectivity index (χ2v) is 6.19. The molecule has 0 fully saturated rings. The van der Waals surface area contributed by atoms with Gasteiger partial charge in [-0.1, -0.05) is 36.4 Å². The van der Waals surface area contributed by atoms with Crippen LogP contribution in [-0.4, -0.2) is 23.0 Å². The molecule has 0 spiro atoms. The fourth-order valence-electron chi connectivity index (χ4n) is 2.87. The van der Waals surface area contributed by atoms with Crippen molar-refractivity contribution in [2.75, 3.05) is 7.11 Å². The molecule has 6 heteroatoms. The van der Waals surface area contributed by atoms with Crippen LogP contribution in [0.3, 0.4) is 0 Å². The van der Waals surface area contributed by atoms with Gasteiger partial charge in [-0.15, -0.1) is 0 Å². The first kappa shape index (κ1) is 18.9. The van der Waals surface area contributed by atoms with Gasteiger partial charge in [-0.25, -0.2) is 0 Å². The van der Waals surface area contributed by atoms with E-state index in [1.165, 1.54) is 10.8 Å². The maximum Gasteiger partial charge on any atom is 0.271 e. The quantitative estimate of drug-likeness (QED) is 0.693. The van der Waals surface area contributed by atoms with E-state index in [1.54, 1.807) is 38.3 Å². The molecule has 140 valence electrons. The Morgan fingerprint density at radius 2 is 1.96 bits per heavy atom. The molecule has 1 aromatic heterocycles. The largest absolute Gasteiger partial charge is 0.497 e. The molecular formula is C22H19N3O3. The zero-order valence-electron chi connectivity index (χ0n) is 15.6. The Bertz CT molecular complexity index is 1130. The molecule has 0 bridgehead atoms. The van der Waals surface area contributed by atoms with Gasteiger partial charge < -0.3 is 9.84 Å². The van der Waals surface area contributed by atoms with Crippen molar-refractivity contribution in [2.45, 2.75) is 13.5 Å². The number of benzene rings is 2. The van der Waals surface area contributed by atoms with Crippen molar-refractivity contribution >= 4 is 11.9 Å². The van der Waals surface area contributed by atoms with Crippen LogP contribution in [-0.2, 0) is 6.54 Å². The number of pyridine rings is 1. The van der Waals surface area contributed by atoms with Crippen LogP contribution in [0.1, 0.15) is 22.3 Å². The fraction of sp³-hybridized carbons (Fsp3) is 0.136. The number of nitriles is 1. The average molecular weight is 373 g/mol. The number of aromatic nitrogens is 1. The van der Waals surface area contributed by atoms with Crippen LogP contribution in [0, 0.1) is 18.3 Å². The van der Waals surface area contributed by atoms with Crippen LogP contribution in [0.4, 0.5) is 5.69 Å². The highest BCUT2D eigenvalue weighted by atomic mass is 16.5. The van der Waals surface area contributed by atoms with E-state index in [0.717, 1.165) is 5.56 Å². The molecule has 0 radical (unpaired) electrons. The normalized spacial score (nSPS) is 10.8. The van der Waals surface area contributed by atoms with Crippen molar-refractivity contribution in [1.82, 2.24) is 4.57 Å². The molecule has 0 aliphatic heterocycles. The molecule has 0 unspecified atom stereocenters. The monoisotopic (exact) mass is 373 g/mol. The first-order valence-electron chi connectivity index (χ1n) is 8.63. The van der Waals surface area contributed by atoms with Gasteiger partial charge in [-0.2, -0.15) is 5.26 Å². The van der Waals surface area contributed by atoms with Gasteiger partial charge in [-0.3, -0.25) is 14.4 Å². The molecule has 3 rings (SSSR count). The fourth-order valence-corrected chi connectivity index (χ4v) is 2.87. The number of nitrogens with zero attached hydrogens (tertiary/aromatic N) is 3. The molecule has 3 aromatic rings. The number of hydrogen-bond acceptors (Lipinski definition) is 5. The van der Waals surface area contributed by atoms with Gasteiger partial charge in [0.25, 0.3) is 5.56 Å². The summed E-state index contributed by atoms with van der Waals surface area (Å²) in [6.07, 6.45) is 1.46. The average Bonchev–Trinajstić information content (AvgIpc) is 2.72. The first-order valence-corrected chi connectivity index (χ1v) is 8.63. The standard InChI is InChI=1S/C22H19N3O3/c1-15-19(12-23)21(26)25(14-16-7-4-3-5-8-16)22(27)20(15)13-24-17-9-6-10-18(11-17)28-2/h3-11,13,27H,14H2,1-2H3. The Balaban J connectivity index is 2.10. The maximum atomic E-state index is 12.7. The maximum absolute atomic E-state index is 12.7. The summed E-state index contributed by atoms with van der Waals surface area (Å²) in [6, 6.07) is 18.3. The summed E-state index contributed by atoms with van der Waals surface area (Å²) in [6.45, 7) is 1.78. The number of hydrogen-bond donors (Lipinski definition) is 1. The Labute approximate surface area is 162 Å². The minimum Gasteiger partial charge on any atom is -0.497 e. The van der Waals surface area contributed by atoms with E-state index in [0.29, 0.717) is 22.6 Å². The van der Waals surface area contributed by atoms with Crippen LogP contribution in [0.2, 0.25) is 0 Å². The van der Waals surface area contributed by atoms with E-state index in [9.17, 15) is 15.2 Å². The van der Waals surface area contributed by atoms with Crippen LogP contribution in [0.15, 0.2) is 64.4 Å². The van der Waals surface area contributed by atoms with Crippen LogP contribution in [0.5, 0.6) is 11.6 Å². The van der Waals surface area contributed by atoms with Crippen molar-refractivity contribution < 1.29 is 9.84 Å². The third-order valence-corrected chi connectivity index (χ3v) is 4.43. The SMILES string of the molecule is COc1cccc(N=Cc2c(C)c(C#N)c(=O)n(Cc3ccccc3)c2O)c1. The number of methoxy groups -OCH3 is 1. The molecular weight excluding hydrogens is 354 g/mol. The third kappa shape index (κ3) is 3.79. The summed E-state index contributed by atoms with van der Waals surface area (Å²) in [5, 5.41) is 20.2. The second-order valence-electron chi connectivity index (χ2n) is 6.19. The summed E-state index contributed by atoms with van der Waals surface area (Å²) < 4.78 is 6.37. The molecule has 1 N–H and O–H groups in total. The Morgan fingerprint density at radius 1 is 1.21 bits per heavy atom. The highest BCUT2D eigenvalue weighted by Crippen LogP contribution is 2.23.